The first-order valence-corrected chi connectivity index (χ1v) is 8.63. The Balaban J connectivity index is 2.22. The van der Waals surface area contributed by atoms with Crippen molar-refractivity contribution in [1.29, 1.82) is 0 Å². The predicted octanol–water partition coefficient (Wildman–Crippen LogP) is 4.17. The maximum atomic E-state index is 12.2. The van der Waals surface area contributed by atoms with Gasteiger partial charge in [-0.2, -0.15) is 0 Å². The lowest BCUT2D eigenvalue weighted by Gasteiger charge is -2.37. The molecule has 24 heavy (non-hydrogen) atoms. The van der Waals surface area contributed by atoms with Gasteiger partial charge in [0.25, 0.3) is 0 Å². The van der Waals surface area contributed by atoms with Crippen molar-refractivity contribution < 1.29 is 14.5 Å². The Labute approximate surface area is 143 Å². The maximum Gasteiger partial charge on any atom is 0.306 e. The van der Waals surface area contributed by atoms with Gasteiger partial charge in [0.1, 0.15) is 5.60 Å². The topological polar surface area (TPSA) is 69.4 Å². The van der Waals surface area contributed by atoms with Crippen LogP contribution in [0.25, 0.3) is 0 Å². The van der Waals surface area contributed by atoms with E-state index in [0.29, 0.717) is 19.3 Å². The van der Waals surface area contributed by atoms with E-state index in [0.717, 1.165) is 18.4 Å². The third-order valence-electron chi connectivity index (χ3n) is 4.72. The number of hydrogen-bond donors (Lipinski definition) is 0. The van der Waals surface area contributed by atoms with Crippen molar-refractivity contribution in [1.82, 2.24) is 0 Å². The summed E-state index contributed by atoms with van der Waals surface area (Å²) >= 11 is 0. The quantitative estimate of drug-likeness (QED) is 0.461. The van der Waals surface area contributed by atoms with Crippen LogP contribution in [0.1, 0.15) is 58.4 Å². The number of rotatable bonds is 5. The van der Waals surface area contributed by atoms with Crippen LogP contribution in [0.2, 0.25) is 0 Å². The van der Waals surface area contributed by atoms with Gasteiger partial charge in [-0.15, -0.1) is 0 Å². The van der Waals surface area contributed by atoms with Crippen molar-refractivity contribution in [3.8, 4) is 0 Å². The van der Waals surface area contributed by atoms with E-state index in [1.807, 2.05) is 51.1 Å². The highest BCUT2D eigenvalue weighted by atomic mass is 16.6. The van der Waals surface area contributed by atoms with Crippen LogP contribution in [-0.2, 0) is 16.0 Å². The molecular formula is C19H27NO4. The fraction of sp³-hybridized carbons (Fsp3) is 0.632. The summed E-state index contributed by atoms with van der Waals surface area (Å²) in [6, 6.07) is 9.54. The number of ether oxygens (including phenoxy) is 1. The van der Waals surface area contributed by atoms with Gasteiger partial charge < -0.3 is 4.74 Å². The number of benzene rings is 1. The van der Waals surface area contributed by atoms with Gasteiger partial charge in [0.05, 0.1) is 6.42 Å². The van der Waals surface area contributed by atoms with Crippen molar-refractivity contribution in [3.63, 3.8) is 0 Å². The molecule has 1 aromatic carbocycles. The zero-order valence-corrected chi connectivity index (χ0v) is 14.8. The molecule has 0 unspecified atom stereocenters. The highest BCUT2D eigenvalue weighted by Gasteiger charge is 2.52. The largest absolute Gasteiger partial charge is 0.460 e. The molecule has 0 N–H and O–H groups in total. The number of esters is 1. The summed E-state index contributed by atoms with van der Waals surface area (Å²) < 4.78 is 5.40. The van der Waals surface area contributed by atoms with Gasteiger partial charge >= 0.3 is 5.97 Å². The normalized spacial score (nSPS) is 24.4. The lowest BCUT2D eigenvalue weighted by atomic mass is 9.68. The molecule has 2 rings (SSSR count). The second-order valence-corrected chi connectivity index (χ2v) is 7.76. The fourth-order valence-electron chi connectivity index (χ4n) is 3.66. The van der Waals surface area contributed by atoms with E-state index in [1.54, 1.807) is 0 Å². The first-order chi connectivity index (χ1) is 11.2. The first-order valence-electron chi connectivity index (χ1n) is 8.63. The molecule has 5 nitrogen and oxygen atoms in total. The molecule has 0 saturated heterocycles. The highest BCUT2D eigenvalue weighted by Crippen LogP contribution is 2.41. The molecule has 1 aliphatic carbocycles. The SMILES string of the molecule is CC(C)(C)OC(=O)C[C@@H]1CCCC[C@]1(Cc1ccccc1)[N+](=O)[O-]. The number of carbonyl (C=O) groups is 1. The maximum absolute atomic E-state index is 12.2. The summed E-state index contributed by atoms with van der Waals surface area (Å²) in [5.41, 5.74) is -0.691. The third kappa shape index (κ3) is 4.56. The third-order valence-corrected chi connectivity index (χ3v) is 4.72. The molecular weight excluding hydrogens is 306 g/mol. The Hall–Kier alpha value is -1.91. The van der Waals surface area contributed by atoms with Gasteiger partial charge in [-0.05, 0) is 39.2 Å². The molecule has 132 valence electrons. The standard InChI is InChI=1S/C19H27NO4/c1-18(2,3)24-17(21)13-16-11-7-8-12-19(16,20(22)23)14-15-9-5-4-6-10-15/h4-6,9-10,16H,7-8,11-14H2,1-3H3/t16-,19+/m0/s1. The summed E-state index contributed by atoms with van der Waals surface area (Å²) in [5.74, 6) is -0.620. The van der Waals surface area contributed by atoms with Crippen LogP contribution >= 0.6 is 0 Å². The van der Waals surface area contributed by atoms with Crippen molar-refractivity contribution >= 4 is 5.97 Å². The predicted molar refractivity (Wildman–Crippen MR) is 92.3 cm³/mol. The molecule has 1 aromatic rings. The number of nitrogens with zero attached hydrogens (tertiary/aromatic N) is 1. The zero-order chi connectivity index (χ0) is 17.8. The Morgan fingerprint density at radius 3 is 2.54 bits per heavy atom. The summed E-state index contributed by atoms with van der Waals surface area (Å²) in [6.45, 7) is 5.45. The van der Waals surface area contributed by atoms with Crippen molar-refractivity contribution in [2.75, 3.05) is 0 Å². The second kappa shape index (κ2) is 7.32. The van der Waals surface area contributed by atoms with Crippen LogP contribution in [0.4, 0.5) is 0 Å². The van der Waals surface area contributed by atoms with E-state index < -0.39 is 11.1 Å². The molecule has 0 amide bonds. The Bertz CT molecular complexity index is 579. The summed E-state index contributed by atoms with van der Waals surface area (Å²) in [6.07, 6.45) is 3.46. The molecule has 1 fully saturated rings. The fourth-order valence-corrected chi connectivity index (χ4v) is 3.66. The Morgan fingerprint density at radius 1 is 1.29 bits per heavy atom. The monoisotopic (exact) mass is 333 g/mol. The molecule has 0 bridgehead atoms. The van der Waals surface area contributed by atoms with Gasteiger partial charge in [0.2, 0.25) is 5.54 Å². The lowest BCUT2D eigenvalue weighted by Crippen LogP contribution is -2.50. The van der Waals surface area contributed by atoms with E-state index in [-0.39, 0.29) is 23.2 Å². The van der Waals surface area contributed by atoms with Crippen LogP contribution in [-0.4, -0.2) is 22.0 Å². The van der Waals surface area contributed by atoms with E-state index in [9.17, 15) is 14.9 Å². The first kappa shape index (κ1) is 18.4. The van der Waals surface area contributed by atoms with Crippen LogP contribution < -0.4 is 0 Å². The molecule has 0 spiro atoms. The molecule has 0 aromatic heterocycles. The van der Waals surface area contributed by atoms with E-state index in [1.165, 1.54) is 0 Å². The van der Waals surface area contributed by atoms with Gasteiger partial charge in [-0.3, -0.25) is 14.9 Å². The van der Waals surface area contributed by atoms with Crippen molar-refractivity contribution in [2.45, 2.75) is 70.4 Å². The van der Waals surface area contributed by atoms with Crippen LogP contribution in [0.5, 0.6) is 0 Å². The van der Waals surface area contributed by atoms with Gasteiger partial charge in [0.15, 0.2) is 0 Å². The highest BCUT2D eigenvalue weighted by molar-refractivity contribution is 5.70. The van der Waals surface area contributed by atoms with Crippen LogP contribution in [0, 0.1) is 16.0 Å². The molecule has 0 aliphatic heterocycles. The van der Waals surface area contributed by atoms with E-state index in [4.69, 9.17) is 4.74 Å². The lowest BCUT2D eigenvalue weighted by molar-refractivity contribution is -0.585. The summed E-state index contributed by atoms with van der Waals surface area (Å²) in [7, 11) is 0. The average Bonchev–Trinajstić information content (AvgIpc) is 2.48. The molecule has 1 saturated carbocycles. The van der Waals surface area contributed by atoms with Gasteiger partial charge in [0, 0.05) is 23.7 Å². The van der Waals surface area contributed by atoms with Gasteiger partial charge in [-0.25, -0.2) is 0 Å². The Kier molecular flexibility index (Phi) is 5.62. The average molecular weight is 333 g/mol. The molecule has 0 heterocycles. The van der Waals surface area contributed by atoms with Crippen molar-refractivity contribution in [3.05, 3.63) is 46.0 Å². The Morgan fingerprint density at radius 2 is 1.96 bits per heavy atom. The molecule has 1 aliphatic rings. The number of nitro groups is 1. The number of hydrogen-bond acceptors (Lipinski definition) is 4. The molecule has 5 heteroatoms. The van der Waals surface area contributed by atoms with E-state index in [2.05, 4.69) is 0 Å². The van der Waals surface area contributed by atoms with Crippen LogP contribution in [0.15, 0.2) is 30.3 Å². The molecule has 0 radical (unpaired) electrons. The minimum absolute atomic E-state index is 0.116. The summed E-state index contributed by atoms with van der Waals surface area (Å²) in [4.78, 5) is 24.1. The smallest absolute Gasteiger partial charge is 0.306 e. The number of carbonyl (C=O) groups excluding carboxylic acids is 1. The van der Waals surface area contributed by atoms with Gasteiger partial charge in [-0.1, -0.05) is 36.8 Å². The minimum Gasteiger partial charge on any atom is -0.460 e. The van der Waals surface area contributed by atoms with Crippen molar-refractivity contribution in [2.24, 2.45) is 5.92 Å². The molecule has 2 atom stereocenters. The summed E-state index contributed by atoms with van der Waals surface area (Å²) in [5, 5.41) is 12.0. The second-order valence-electron chi connectivity index (χ2n) is 7.76. The van der Waals surface area contributed by atoms with E-state index >= 15 is 0 Å². The minimum atomic E-state index is -1.07. The van der Waals surface area contributed by atoms with Crippen LogP contribution in [0.3, 0.4) is 0 Å². The zero-order valence-electron chi connectivity index (χ0n) is 14.8.